The molecule has 1 aromatic heterocycles. The Labute approximate surface area is 186 Å². The van der Waals surface area contributed by atoms with E-state index >= 15 is 0 Å². The first kappa shape index (κ1) is 23.5. The summed E-state index contributed by atoms with van der Waals surface area (Å²) in [7, 11) is 0. The Morgan fingerprint density at radius 2 is 1.73 bits per heavy atom. The molecule has 1 fully saturated rings. The first-order chi connectivity index (χ1) is 14.3. The van der Waals surface area contributed by atoms with E-state index in [1.54, 1.807) is 4.90 Å². The van der Waals surface area contributed by atoms with Gasteiger partial charge in [0, 0.05) is 22.2 Å². The normalized spacial score (nSPS) is 22.7. The summed E-state index contributed by atoms with van der Waals surface area (Å²) in [6, 6.07) is 11.3. The van der Waals surface area contributed by atoms with E-state index in [9.17, 15) is 19.7 Å². The topological polar surface area (TPSA) is 63.9 Å². The third-order valence-corrected chi connectivity index (χ3v) is 7.51. The minimum absolute atomic E-state index is 0.00104. The summed E-state index contributed by atoms with van der Waals surface area (Å²) in [6.07, 6.45) is -0.0854. The molecular formula is C23H31ClFNO3S. The third-order valence-electron chi connectivity index (χ3n) is 5.86. The molecule has 2 unspecified atom stereocenters. The molecule has 1 heterocycles. The SMILES string of the molecule is CC(F)CC(C)N(c1cc(-c2ccccc2)sc1C(O)O)[C@H](O)C1CCC(Cl)CC1. The smallest absolute Gasteiger partial charge is 0.190 e. The van der Waals surface area contributed by atoms with E-state index in [1.165, 1.54) is 18.3 Å². The van der Waals surface area contributed by atoms with Gasteiger partial charge in [-0.15, -0.1) is 22.9 Å². The zero-order valence-electron chi connectivity index (χ0n) is 17.4. The van der Waals surface area contributed by atoms with Crippen molar-refractivity contribution in [1.29, 1.82) is 0 Å². The number of benzene rings is 1. The van der Waals surface area contributed by atoms with Crippen LogP contribution in [0.15, 0.2) is 36.4 Å². The summed E-state index contributed by atoms with van der Waals surface area (Å²) in [6.45, 7) is 3.38. The highest BCUT2D eigenvalue weighted by atomic mass is 35.5. The highest BCUT2D eigenvalue weighted by molar-refractivity contribution is 7.16. The van der Waals surface area contributed by atoms with Gasteiger partial charge < -0.3 is 20.2 Å². The molecule has 4 nitrogen and oxygen atoms in total. The fraction of sp³-hybridized carbons (Fsp3) is 0.565. The summed E-state index contributed by atoms with van der Waals surface area (Å²) in [5.74, 6) is 0.00104. The first-order valence-electron chi connectivity index (χ1n) is 10.6. The molecule has 7 heteroatoms. The van der Waals surface area contributed by atoms with E-state index in [2.05, 4.69) is 0 Å². The average Bonchev–Trinajstić information content (AvgIpc) is 3.14. The van der Waals surface area contributed by atoms with Crippen molar-refractivity contribution in [2.75, 3.05) is 4.90 Å². The number of rotatable bonds is 8. The molecule has 2 aromatic rings. The second kappa shape index (κ2) is 10.4. The Hall–Kier alpha value is -1.18. The van der Waals surface area contributed by atoms with Crippen LogP contribution in [0, 0.1) is 5.92 Å². The number of thiophene rings is 1. The molecule has 3 atom stereocenters. The molecule has 30 heavy (non-hydrogen) atoms. The van der Waals surface area contributed by atoms with E-state index < -0.39 is 18.7 Å². The van der Waals surface area contributed by atoms with Gasteiger partial charge in [0.15, 0.2) is 6.29 Å². The fourth-order valence-corrected chi connectivity index (χ4v) is 5.64. The summed E-state index contributed by atoms with van der Waals surface area (Å²) in [5.41, 5.74) is 1.52. The van der Waals surface area contributed by atoms with Gasteiger partial charge in [0.2, 0.25) is 0 Å². The maximum absolute atomic E-state index is 13.9. The van der Waals surface area contributed by atoms with E-state index in [0.29, 0.717) is 10.6 Å². The van der Waals surface area contributed by atoms with Gasteiger partial charge in [-0.25, -0.2) is 4.39 Å². The van der Waals surface area contributed by atoms with Crippen LogP contribution in [0.4, 0.5) is 10.1 Å². The van der Waals surface area contributed by atoms with Gasteiger partial charge in [0.25, 0.3) is 0 Å². The number of hydrogen-bond acceptors (Lipinski definition) is 5. The van der Waals surface area contributed by atoms with E-state index in [1.807, 2.05) is 43.3 Å². The Morgan fingerprint density at radius 3 is 2.30 bits per heavy atom. The lowest BCUT2D eigenvalue weighted by Gasteiger charge is -2.41. The van der Waals surface area contributed by atoms with Crippen LogP contribution in [-0.2, 0) is 0 Å². The van der Waals surface area contributed by atoms with Crippen LogP contribution in [0.5, 0.6) is 0 Å². The molecule has 0 spiro atoms. The Balaban J connectivity index is 2.00. The zero-order chi connectivity index (χ0) is 21.8. The predicted octanol–water partition coefficient (Wildman–Crippen LogP) is 5.46. The number of anilines is 1. The second-order valence-corrected chi connectivity index (χ2v) is 10.00. The van der Waals surface area contributed by atoms with E-state index in [0.717, 1.165) is 36.1 Å². The highest BCUT2D eigenvalue weighted by Gasteiger charge is 2.35. The molecule has 1 aliphatic rings. The Morgan fingerprint density at radius 1 is 1.10 bits per heavy atom. The quantitative estimate of drug-likeness (QED) is 0.365. The molecule has 0 radical (unpaired) electrons. The molecule has 166 valence electrons. The van der Waals surface area contributed by atoms with Crippen LogP contribution < -0.4 is 4.90 Å². The molecular weight excluding hydrogens is 425 g/mol. The molecule has 3 N–H and O–H groups in total. The lowest BCUT2D eigenvalue weighted by molar-refractivity contribution is -0.0396. The first-order valence-corrected chi connectivity index (χ1v) is 11.8. The molecule has 0 saturated heterocycles. The van der Waals surface area contributed by atoms with Crippen molar-refractivity contribution >= 4 is 28.6 Å². The zero-order valence-corrected chi connectivity index (χ0v) is 19.0. The van der Waals surface area contributed by atoms with Crippen LogP contribution in [0.1, 0.15) is 57.1 Å². The summed E-state index contributed by atoms with van der Waals surface area (Å²) in [5, 5.41) is 31.6. The average molecular weight is 456 g/mol. The maximum atomic E-state index is 13.9. The minimum Gasteiger partial charge on any atom is -0.373 e. The van der Waals surface area contributed by atoms with Crippen molar-refractivity contribution < 1.29 is 19.7 Å². The van der Waals surface area contributed by atoms with E-state index in [-0.39, 0.29) is 23.8 Å². The van der Waals surface area contributed by atoms with Crippen LogP contribution in [0.3, 0.4) is 0 Å². The van der Waals surface area contributed by atoms with Crippen LogP contribution in [0.25, 0.3) is 10.4 Å². The van der Waals surface area contributed by atoms with Gasteiger partial charge in [-0.1, -0.05) is 30.3 Å². The molecule has 0 aliphatic heterocycles. The third kappa shape index (κ3) is 5.54. The van der Waals surface area contributed by atoms with Gasteiger partial charge in [0.1, 0.15) is 6.23 Å². The van der Waals surface area contributed by atoms with Crippen LogP contribution >= 0.6 is 22.9 Å². The lowest BCUT2D eigenvalue weighted by atomic mass is 9.86. The summed E-state index contributed by atoms with van der Waals surface area (Å²) < 4.78 is 13.9. The van der Waals surface area contributed by atoms with Crippen molar-refractivity contribution in [2.24, 2.45) is 5.92 Å². The Kier molecular flexibility index (Phi) is 8.16. The second-order valence-electron chi connectivity index (χ2n) is 8.30. The van der Waals surface area contributed by atoms with Gasteiger partial charge in [-0.3, -0.25) is 0 Å². The molecule has 1 aromatic carbocycles. The molecule has 3 rings (SSSR count). The standard InChI is InChI=1S/C23H31ClFNO3S/c1-14(25)12-15(2)26(22(27)17-8-10-18(24)11-9-17)19-13-20(30-21(19)23(28)29)16-6-4-3-5-7-16/h3-7,13-15,17-18,22-23,27-29H,8-12H2,1-2H3/t14?,15?,17?,18?,22-/m1/s1. The van der Waals surface area contributed by atoms with E-state index in [4.69, 9.17) is 11.6 Å². The van der Waals surface area contributed by atoms with Crippen LogP contribution in [-0.4, -0.2) is 39.1 Å². The van der Waals surface area contributed by atoms with Gasteiger partial charge in [-0.05, 0) is 57.6 Å². The summed E-state index contributed by atoms with van der Waals surface area (Å²) in [4.78, 5) is 3.01. The number of halogens is 2. The number of hydrogen-bond donors (Lipinski definition) is 3. The van der Waals surface area contributed by atoms with Gasteiger partial charge in [0.05, 0.1) is 16.7 Å². The minimum atomic E-state index is -1.68. The molecule has 0 amide bonds. The van der Waals surface area contributed by atoms with Crippen molar-refractivity contribution in [3.05, 3.63) is 41.3 Å². The maximum Gasteiger partial charge on any atom is 0.190 e. The predicted molar refractivity (Wildman–Crippen MR) is 122 cm³/mol. The van der Waals surface area contributed by atoms with Crippen molar-refractivity contribution in [3.63, 3.8) is 0 Å². The van der Waals surface area contributed by atoms with Gasteiger partial charge in [-0.2, -0.15) is 0 Å². The van der Waals surface area contributed by atoms with Gasteiger partial charge >= 0.3 is 0 Å². The number of nitrogens with zero attached hydrogens (tertiary/aromatic N) is 1. The number of aliphatic hydroxyl groups is 3. The largest absolute Gasteiger partial charge is 0.373 e. The van der Waals surface area contributed by atoms with Crippen LogP contribution in [0.2, 0.25) is 0 Å². The van der Waals surface area contributed by atoms with Crippen molar-refractivity contribution in [3.8, 4) is 10.4 Å². The molecule has 1 saturated carbocycles. The van der Waals surface area contributed by atoms with Crippen molar-refractivity contribution in [2.45, 2.75) is 76.1 Å². The summed E-state index contributed by atoms with van der Waals surface area (Å²) >= 11 is 7.53. The van der Waals surface area contributed by atoms with Crippen molar-refractivity contribution in [1.82, 2.24) is 0 Å². The molecule has 1 aliphatic carbocycles. The number of alkyl halides is 2. The fourth-order valence-electron chi connectivity index (χ4n) is 4.35. The monoisotopic (exact) mass is 455 g/mol. The lowest BCUT2D eigenvalue weighted by Crippen LogP contribution is -2.48. The Bertz CT molecular complexity index is 793. The number of aliphatic hydroxyl groups excluding tert-OH is 2. The highest BCUT2D eigenvalue weighted by Crippen LogP contribution is 2.43. The molecule has 0 bridgehead atoms.